The summed E-state index contributed by atoms with van der Waals surface area (Å²) in [5.74, 6) is 0.484. The third kappa shape index (κ3) is 3.93. The molecule has 1 aliphatic carbocycles. The van der Waals surface area contributed by atoms with Crippen LogP contribution in [0.25, 0.3) is 0 Å². The van der Waals surface area contributed by atoms with Crippen molar-refractivity contribution >= 4 is 11.7 Å². The van der Waals surface area contributed by atoms with Crippen LogP contribution in [0, 0.1) is 0 Å². The van der Waals surface area contributed by atoms with Gasteiger partial charge in [0.2, 0.25) is 0 Å². The van der Waals surface area contributed by atoms with Crippen LogP contribution in [0.2, 0.25) is 0 Å². The number of hydrogen-bond donors (Lipinski definition) is 3. The Morgan fingerprint density at radius 2 is 2.15 bits per heavy atom. The van der Waals surface area contributed by atoms with Gasteiger partial charge < -0.3 is 15.7 Å². The standard InChI is InChI=1S/C15H23N3O2/c1-2-16-14-10-6-8-12(17-14)15(20)18-11-7-4-3-5-9-13(11)19/h6,8,10-11,13,19H,2-5,7,9H2,1H3,(H,16,17)(H,18,20). The van der Waals surface area contributed by atoms with Crippen molar-refractivity contribution in [2.24, 2.45) is 0 Å². The highest BCUT2D eigenvalue weighted by atomic mass is 16.3. The van der Waals surface area contributed by atoms with E-state index < -0.39 is 6.10 Å². The summed E-state index contributed by atoms with van der Waals surface area (Å²) in [5, 5.41) is 16.0. The molecule has 0 radical (unpaired) electrons. The number of hydrogen-bond acceptors (Lipinski definition) is 4. The SMILES string of the molecule is CCNc1cccc(C(=O)NC2CCCCCC2O)n1. The zero-order valence-corrected chi connectivity index (χ0v) is 11.9. The van der Waals surface area contributed by atoms with Crippen LogP contribution >= 0.6 is 0 Å². The van der Waals surface area contributed by atoms with Crippen molar-refractivity contribution in [2.45, 2.75) is 51.2 Å². The smallest absolute Gasteiger partial charge is 0.270 e. The Hall–Kier alpha value is -1.62. The second kappa shape index (κ2) is 7.24. The first-order valence-corrected chi connectivity index (χ1v) is 7.40. The number of pyridine rings is 1. The molecule has 1 amide bonds. The van der Waals surface area contributed by atoms with Gasteiger partial charge in [0.25, 0.3) is 5.91 Å². The minimum Gasteiger partial charge on any atom is -0.391 e. The minimum atomic E-state index is -0.446. The van der Waals surface area contributed by atoms with Gasteiger partial charge in [-0.2, -0.15) is 0 Å². The van der Waals surface area contributed by atoms with Crippen LogP contribution in [0.15, 0.2) is 18.2 Å². The molecule has 1 aromatic heterocycles. The van der Waals surface area contributed by atoms with Gasteiger partial charge in [-0.1, -0.05) is 25.3 Å². The molecule has 5 nitrogen and oxygen atoms in total. The molecular formula is C15H23N3O2. The van der Waals surface area contributed by atoms with Gasteiger partial charge in [-0.15, -0.1) is 0 Å². The average molecular weight is 277 g/mol. The lowest BCUT2D eigenvalue weighted by atomic mass is 10.1. The Morgan fingerprint density at radius 1 is 1.35 bits per heavy atom. The van der Waals surface area contributed by atoms with Crippen molar-refractivity contribution in [1.82, 2.24) is 10.3 Å². The lowest BCUT2D eigenvalue weighted by Gasteiger charge is -2.21. The summed E-state index contributed by atoms with van der Waals surface area (Å²) < 4.78 is 0. The van der Waals surface area contributed by atoms with E-state index in [1.807, 2.05) is 19.1 Å². The number of carbonyl (C=O) groups excluding carboxylic acids is 1. The largest absolute Gasteiger partial charge is 0.391 e. The number of aliphatic hydroxyl groups excluding tert-OH is 1. The summed E-state index contributed by atoms with van der Waals surface area (Å²) >= 11 is 0. The highest BCUT2D eigenvalue weighted by molar-refractivity contribution is 5.92. The van der Waals surface area contributed by atoms with Crippen molar-refractivity contribution < 1.29 is 9.90 Å². The number of aliphatic hydroxyl groups is 1. The Labute approximate surface area is 119 Å². The van der Waals surface area contributed by atoms with Crippen LogP contribution in [0.5, 0.6) is 0 Å². The van der Waals surface area contributed by atoms with Gasteiger partial charge >= 0.3 is 0 Å². The first kappa shape index (κ1) is 14.8. The second-order valence-corrected chi connectivity index (χ2v) is 5.22. The molecule has 0 spiro atoms. The highest BCUT2D eigenvalue weighted by Gasteiger charge is 2.24. The Balaban J connectivity index is 2.01. The van der Waals surface area contributed by atoms with Crippen molar-refractivity contribution in [3.63, 3.8) is 0 Å². The van der Waals surface area contributed by atoms with E-state index in [4.69, 9.17) is 0 Å². The molecular weight excluding hydrogens is 254 g/mol. The van der Waals surface area contributed by atoms with Crippen LogP contribution in [0.4, 0.5) is 5.82 Å². The molecule has 3 N–H and O–H groups in total. The quantitative estimate of drug-likeness (QED) is 0.735. The zero-order valence-electron chi connectivity index (χ0n) is 11.9. The first-order valence-electron chi connectivity index (χ1n) is 7.40. The third-order valence-electron chi connectivity index (χ3n) is 3.64. The fourth-order valence-corrected chi connectivity index (χ4v) is 2.54. The van der Waals surface area contributed by atoms with Crippen LogP contribution < -0.4 is 10.6 Å². The number of rotatable bonds is 4. The van der Waals surface area contributed by atoms with Crippen molar-refractivity contribution in [2.75, 3.05) is 11.9 Å². The second-order valence-electron chi connectivity index (χ2n) is 5.22. The van der Waals surface area contributed by atoms with E-state index in [-0.39, 0.29) is 11.9 Å². The summed E-state index contributed by atoms with van der Waals surface area (Å²) in [5.41, 5.74) is 0.389. The molecule has 20 heavy (non-hydrogen) atoms. The van der Waals surface area contributed by atoms with Crippen molar-refractivity contribution in [3.05, 3.63) is 23.9 Å². The van der Waals surface area contributed by atoms with E-state index >= 15 is 0 Å². The van der Waals surface area contributed by atoms with Crippen LogP contribution in [-0.4, -0.2) is 34.7 Å². The molecule has 2 atom stereocenters. The third-order valence-corrected chi connectivity index (χ3v) is 3.64. The Kier molecular flexibility index (Phi) is 5.35. The minimum absolute atomic E-state index is 0.158. The van der Waals surface area contributed by atoms with Crippen LogP contribution in [-0.2, 0) is 0 Å². The van der Waals surface area contributed by atoms with Gasteiger partial charge in [-0.3, -0.25) is 4.79 Å². The van der Waals surface area contributed by atoms with Crippen LogP contribution in [0.3, 0.4) is 0 Å². The molecule has 0 aliphatic heterocycles. The van der Waals surface area contributed by atoms with Crippen molar-refractivity contribution in [1.29, 1.82) is 0 Å². The molecule has 1 fully saturated rings. The number of amides is 1. The van der Waals surface area contributed by atoms with E-state index in [2.05, 4.69) is 15.6 Å². The molecule has 1 saturated carbocycles. The number of nitrogens with one attached hydrogen (secondary N) is 2. The highest BCUT2D eigenvalue weighted by Crippen LogP contribution is 2.18. The van der Waals surface area contributed by atoms with E-state index in [0.717, 1.165) is 38.6 Å². The number of carbonyl (C=O) groups is 1. The lowest BCUT2D eigenvalue weighted by Crippen LogP contribution is -2.42. The maximum Gasteiger partial charge on any atom is 0.270 e. The number of aromatic nitrogens is 1. The van der Waals surface area contributed by atoms with Gasteiger partial charge in [-0.05, 0) is 31.9 Å². The van der Waals surface area contributed by atoms with Gasteiger partial charge in [0.1, 0.15) is 11.5 Å². The molecule has 2 rings (SSSR count). The monoisotopic (exact) mass is 277 g/mol. The molecule has 0 saturated heterocycles. The molecule has 2 unspecified atom stereocenters. The molecule has 110 valence electrons. The Bertz CT molecular complexity index is 450. The molecule has 1 heterocycles. The first-order chi connectivity index (χ1) is 9.70. The Morgan fingerprint density at radius 3 is 2.95 bits per heavy atom. The lowest BCUT2D eigenvalue weighted by molar-refractivity contribution is 0.0814. The zero-order chi connectivity index (χ0) is 14.4. The molecule has 1 aliphatic rings. The number of anilines is 1. The average Bonchev–Trinajstić information content (AvgIpc) is 2.65. The van der Waals surface area contributed by atoms with E-state index in [9.17, 15) is 9.90 Å². The molecule has 5 heteroatoms. The molecule has 0 aromatic carbocycles. The van der Waals surface area contributed by atoms with Gasteiger partial charge in [0, 0.05) is 6.54 Å². The summed E-state index contributed by atoms with van der Waals surface area (Å²) in [6.45, 7) is 2.75. The van der Waals surface area contributed by atoms with Gasteiger partial charge in [0.15, 0.2) is 0 Å². The summed E-state index contributed by atoms with van der Waals surface area (Å²) in [6, 6.07) is 5.18. The molecule has 1 aromatic rings. The van der Waals surface area contributed by atoms with E-state index in [1.54, 1.807) is 6.07 Å². The van der Waals surface area contributed by atoms with Crippen LogP contribution in [0.1, 0.15) is 49.5 Å². The summed E-state index contributed by atoms with van der Waals surface area (Å²) in [4.78, 5) is 16.5. The predicted molar refractivity (Wildman–Crippen MR) is 78.7 cm³/mol. The van der Waals surface area contributed by atoms with Gasteiger partial charge in [-0.25, -0.2) is 4.98 Å². The fourth-order valence-electron chi connectivity index (χ4n) is 2.54. The normalized spacial score (nSPS) is 22.9. The van der Waals surface area contributed by atoms with E-state index in [1.165, 1.54) is 0 Å². The number of nitrogens with zero attached hydrogens (tertiary/aromatic N) is 1. The maximum absolute atomic E-state index is 12.2. The van der Waals surface area contributed by atoms with E-state index in [0.29, 0.717) is 11.5 Å². The fraction of sp³-hybridized carbons (Fsp3) is 0.600. The topological polar surface area (TPSA) is 74.2 Å². The van der Waals surface area contributed by atoms with Gasteiger partial charge in [0.05, 0.1) is 12.1 Å². The van der Waals surface area contributed by atoms with Crippen molar-refractivity contribution in [3.8, 4) is 0 Å². The predicted octanol–water partition coefficient (Wildman–Crippen LogP) is 1.94. The maximum atomic E-state index is 12.2. The molecule has 0 bridgehead atoms. The summed E-state index contributed by atoms with van der Waals surface area (Å²) in [7, 11) is 0. The summed E-state index contributed by atoms with van der Waals surface area (Å²) in [6.07, 6.45) is 4.35.